The van der Waals surface area contributed by atoms with E-state index >= 15 is 0 Å². The molecule has 0 N–H and O–H groups in total. The molecule has 0 spiro atoms. The molecule has 0 fully saturated rings. The lowest BCUT2D eigenvalue weighted by Gasteiger charge is -2.06. The number of methoxy groups -OCH3 is 1. The molecule has 0 unspecified atom stereocenters. The van der Waals surface area contributed by atoms with Gasteiger partial charge in [-0.3, -0.25) is 10.1 Å². The van der Waals surface area contributed by atoms with Crippen LogP contribution in [0.25, 0.3) is 0 Å². The lowest BCUT2D eigenvalue weighted by molar-refractivity contribution is -0.386. The fourth-order valence-electron chi connectivity index (χ4n) is 1.55. The minimum absolute atomic E-state index is 0.106. The molecule has 2 rings (SSSR count). The second-order valence-corrected chi connectivity index (χ2v) is 3.15. The van der Waals surface area contributed by atoms with Gasteiger partial charge in [-0.15, -0.1) is 0 Å². The lowest BCUT2D eigenvalue weighted by Crippen LogP contribution is -2.06. The molecule has 1 aromatic rings. The molecule has 1 aliphatic heterocycles. The number of rotatable bonds is 3. The Kier molecular flexibility index (Phi) is 2.72. The van der Waals surface area contributed by atoms with E-state index in [1.165, 1.54) is 13.2 Å². The van der Waals surface area contributed by atoms with E-state index < -0.39 is 4.92 Å². The fraction of sp³-hybridized carbons (Fsp3) is 0.300. The number of aliphatic imine (C=N–C) groups is 1. The van der Waals surface area contributed by atoms with Gasteiger partial charge < -0.3 is 9.47 Å². The van der Waals surface area contributed by atoms with Gasteiger partial charge >= 0.3 is 5.69 Å². The highest BCUT2D eigenvalue weighted by Crippen LogP contribution is 2.31. The summed E-state index contributed by atoms with van der Waals surface area (Å²) in [6, 6.07) is 4.81. The highest BCUT2D eigenvalue weighted by molar-refractivity contribution is 5.99. The summed E-state index contributed by atoms with van der Waals surface area (Å²) in [5.41, 5.74) is 0.257. The monoisotopic (exact) mass is 222 g/mol. The van der Waals surface area contributed by atoms with Gasteiger partial charge in [-0.05, 0) is 12.1 Å². The number of para-hydroxylation sites is 1. The maximum atomic E-state index is 11.0. The Morgan fingerprint density at radius 2 is 2.38 bits per heavy atom. The molecule has 0 radical (unpaired) electrons. The van der Waals surface area contributed by atoms with Crippen LogP contribution in [0.4, 0.5) is 5.69 Å². The summed E-state index contributed by atoms with van der Waals surface area (Å²) in [7, 11) is 1.39. The van der Waals surface area contributed by atoms with Crippen LogP contribution >= 0.6 is 0 Å². The van der Waals surface area contributed by atoms with Crippen LogP contribution in [0.2, 0.25) is 0 Å². The van der Waals surface area contributed by atoms with Crippen molar-refractivity contribution in [3.63, 3.8) is 0 Å². The van der Waals surface area contributed by atoms with E-state index in [4.69, 9.17) is 9.47 Å². The minimum Gasteiger partial charge on any atom is -0.490 e. The number of benzene rings is 1. The summed E-state index contributed by atoms with van der Waals surface area (Å²) in [4.78, 5) is 14.5. The van der Waals surface area contributed by atoms with Gasteiger partial charge in [-0.1, -0.05) is 6.07 Å². The molecule has 0 atom stereocenters. The van der Waals surface area contributed by atoms with Crippen molar-refractivity contribution in [2.45, 2.75) is 0 Å². The van der Waals surface area contributed by atoms with Crippen molar-refractivity contribution < 1.29 is 14.4 Å². The number of nitrogens with zero attached hydrogens (tertiary/aromatic N) is 2. The van der Waals surface area contributed by atoms with Crippen molar-refractivity contribution in [2.24, 2.45) is 4.99 Å². The molecule has 6 heteroatoms. The summed E-state index contributed by atoms with van der Waals surface area (Å²) >= 11 is 0. The Hall–Kier alpha value is -2.11. The van der Waals surface area contributed by atoms with Crippen LogP contribution in [0.3, 0.4) is 0 Å². The van der Waals surface area contributed by atoms with Crippen molar-refractivity contribution >= 4 is 11.6 Å². The summed E-state index contributed by atoms with van der Waals surface area (Å²) in [5, 5.41) is 11.0. The van der Waals surface area contributed by atoms with Gasteiger partial charge in [0.05, 0.1) is 18.6 Å². The van der Waals surface area contributed by atoms with E-state index in [1.54, 1.807) is 12.1 Å². The third-order valence-electron chi connectivity index (χ3n) is 2.22. The van der Waals surface area contributed by atoms with Crippen molar-refractivity contribution in [2.75, 3.05) is 20.3 Å². The number of hydrogen-bond donors (Lipinski definition) is 0. The van der Waals surface area contributed by atoms with Crippen LogP contribution in [-0.4, -0.2) is 31.1 Å². The van der Waals surface area contributed by atoms with Crippen LogP contribution < -0.4 is 4.74 Å². The maximum Gasteiger partial charge on any atom is 0.323 e. The number of nitro benzene ring substituents is 1. The molecule has 0 saturated heterocycles. The van der Waals surface area contributed by atoms with Gasteiger partial charge in [-0.25, -0.2) is 4.99 Å². The van der Waals surface area contributed by atoms with Crippen LogP contribution in [0.5, 0.6) is 5.75 Å². The van der Waals surface area contributed by atoms with E-state index in [-0.39, 0.29) is 11.4 Å². The molecular weight excluding hydrogens is 212 g/mol. The number of hydrogen-bond acceptors (Lipinski definition) is 5. The summed E-state index contributed by atoms with van der Waals surface area (Å²) < 4.78 is 10.2. The second-order valence-electron chi connectivity index (χ2n) is 3.15. The molecule has 16 heavy (non-hydrogen) atoms. The zero-order chi connectivity index (χ0) is 11.5. The normalized spacial score (nSPS) is 14.2. The molecule has 6 nitrogen and oxygen atoms in total. The molecule has 0 saturated carbocycles. The van der Waals surface area contributed by atoms with Gasteiger partial charge in [0, 0.05) is 0 Å². The Balaban J connectivity index is 2.55. The maximum absolute atomic E-state index is 11.0. The molecule has 0 aliphatic carbocycles. The van der Waals surface area contributed by atoms with Crippen molar-refractivity contribution in [3.8, 4) is 5.75 Å². The molecule has 1 aromatic carbocycles. The average Bonchev–Trinajstić information content (AvgIpc) is 2.81. The van der Waals surface area contributed by atoms with E-state index in [1.807, 2.05) is 0 Å². The van der Waals surface area contributed by atoms with Gasteiger partial charge in [0.2, 0.25) is 5.90 Å². The predicted octanol–water partition coefficient (Wildman–Crippen LogP) is 1.38. The van der Waals surface area contributed by atoms with Crippen LogP contribution in [0.15, 0.2) is 23.2 Å². The zero-order valence-electron chi connectivity index (χ0n) is 8.67. The topological polar surface area (TPSA) is 74.0 Å². The fourth-order valence-corrected chi connectivity index (χ4v) is 1.55. The standard InChI is InChI=1S/C10H10N2O4/c1-15-8-4-2-3-7(9(8)12(13)14)10-11-5-6-16-10/h2-4H,5-6H2,1H3. The largest absolute Gasteiger partial charge is 0.490 e. The highest BCUT2D eigenvalue weighted by Gasteiger charge is 2.26. The highest BCUT2D eigenvalue weighted by atomic mass is 16.6. The first-order valence-electron chi connectivity index (χ1n) is 4.73. The molecular formula is C10H10N2O4. The van der Waals surface area contributed by atoms with Crippen molar-refractivity contribution in [1.82, 2.24) is 0 Å². The van der Waals surface area contributed by atoms with E-state index in [2.05, 4.69) is 4.99 Å². The molecule has 0 bridgehead atoms. The number of nitro groups is 1. The van der Waals surface area contributed by atoms with E-state index in [0.29, 0.717) is 24.6 Å². The van der Waals surface area contributed by atoms with Gasteiger partial charge in [0.25, 0.3) is 0 Å². The Bertz CT molecular complexity index is 456. The molecule has 84 valence electrons. The third kappa shape index (κ3) is 1.69. The molecule has 1 heterocycles. The molecule has 1 aliphatic rings. The first-order chi connectivity index (χ1) is 7.74. The van der Waals surface area contributed by atoms with Crippen molar-refractivity contribution in [3.05, 3.63) is 33.9 Å². The predicted molar refractivity (Wildman–Crippen MR) is 57.0 cm³/mol. The van der Waals surface area contributed by atoms with Gasteiger partial charge in [0.15, 0.2) is 5.75 Å². The lowest BCUT2D eigenvalue weighted by atomic mass is 10.1. The summed E-state index contributed by atoms with van der Waals surface area (Å²) in [5.74, 6) is 0.520. The third-order valence-corrected chi connectivity index (χ3v) is 2.22. The Morgan fingerprint density at radius 1 is 1.56 bits per heavy atom. The molecule has 0 amide bonds. The first-order valence-corrected chi connectivity index (χ1v) is 4.73. The smallest absolute Gasteiger partial charge is 0.323 e. The van der Waals surface area contributed by atoms with E-state index in [0.717, 1.165) is 0 Å². The average molecular weight is 222 g/mol. The van der Waals surface area contributed by atoms with Gasteiger partial charge in [-0.2, -0.15) is 0 Å². The molecule has 0 aromatic heterocycles. The Morgan fingerprint density at radius 3 is 2.94 bits per heavy atom. The van der Waals surface area contributed by atoms with Crippen molar-refractivity contribution in [1.29, 1.82) is 0 Å². The van der Waals surface area contributed by atoms with Gasteiger partial charge in [0.1, 0.15) is 12.2 Å². The SMILES string of the molecule is COc1cccc(C2=NCCO2)c1[N+](=O)[O-]. The second kappa shape index (κ2) is 4.18. The Labute approximate surface area is 91.7 Å². The minimum atomic E-state index is -0.488. The van der Waals surface area contributed by atoms with Crippen LogP contribution in [-0.2, 0) is 4.74 Å². The number of ether oxygens (including phenoxy) is 2. The zero-order valence-corrected chi connectivity index (χ0v) is 8.67. The summed E-state index contributed by atoms with van der Waals surface area (Å²) in [6.45, 7) is 0.993. The first kappa shape index (κ1) is 10.4. The summed E-state index contributed by atoms with van der Waals surface area (Å²) in [6.07, 6.45) is 0. The van der Waals surface area contributed by atoms with Crippen LogP contribution in [0, 0.1) is 10.1 Å². The van der Waals surface area contributed by atoms with E-state index in [9.17, 15) is 10.1 Å². The quantitative estimate of drug-likeness (QED) is 0.572. The van der Waals surface area contributed by atoms with Crippen LogP contribution in [0.1, 0.15) is 5.56 Å².